The molecule has 3 aliphatic heterocycles. The summed E-state index contributed by atoms with van der Waals surface area (Å²) in [5.74, 6) is -0.138. The van der Waals surface area contributed by atoms with E-state index in [0.717, 1.165) is 37.1 Å². The summed E-state index contributed by atoms with van der Waals surface area (Å²) < 4.78 is 1.82. The Labute approximate surface area is 181 Å². The van der Waals surface area contributed by atoms with E-state index >= 15 is 0 Å². The molecule has 0 spiro atoms. The van der Waals surface area contributed by atoms with E-state index in [0.29, 0.717) is 25.1 Å². The Morgan fingerprint density at radius 1 is 1.13 bits per heavy atom. The zero-order valence-corrected chi connectivity index (χ0v) is 17.7. The van der Waals surface area contributed by atoms with Crippen LogP contribution in [0.25, 0.3) is 5.69 Å². The second-order valence-electron chi connectivity index (χ2n) is 8.60. The predicted octanol–water partition coefficient (Wildman–Crippen LogP) is 1.53. The second kappa shape index (κ2) is 7.83. The van der Waals surface area contributed by atoms with Crippen LogP contribution in [0.3, 0.4) is 0 Å². The molecule has 8 nitrogen and oxygen atoms in total. The van der Waals surface area contributed by atoms with Crippen LogP contribution in [-0.2, 0) is 16.0 Å². The lowest BCUT2D eigenvalue weighted by molar-refractivity contribution is -0.156. The highest BCUT2D eigenvalue weighted by Gasteiger charge is 2.51. The summed E-state index contributed by atoms with van der Waals surface area (Å²) in [5, 5.41) is 7.53. The molecule has 0 unspecified atom stereocenters. The van der Waals surface area contributed by atoms with Crippen molar-refractivity contribution in [2.45, 2.75) is 57.2 Å². The molecule has 3 fully saturated rings. The fourth-order valence-electron chi connectivity index (χ4n) is 5.18. The van der Waals surface area contributed by atoms with Gasteiger partial charge in [-0.3, -0.25) is 14.4 Å². The Morgan fingerprint density at radius 3 is 2.68 bits per heavy atom. The average molecular weight is 422 g/mol. The fraction of sp³-hybridized carbons (Fsp3) is 0.478. The standard InChI is InChI=1S/C23H27N5O3/c1-2-7-18-17(13-24-28(18)16-8-4-3-5-9-16)21(29)25-15-12-20-23(31)26-11-6-10-19(26)22(30)27(20)14-15/h3-5,8-9,13,15,19-20H,2,6-7,10-12,14H2,1H3,(H,25,29)/t15-,19+,20-/m0/s1. The molecule has 8 heteroatoms. The molecular formula is C23H27N5O3. The highest BCUT2D eigenvalue weighted by atomic mass is 16.2. The van der Waals surface area contributed by atoms with E-state index in [-0.39, 0.29) is 29.8 Å². The molecule has 2 aromatic rings. The molecule has 0 bridgehead atoms. The normalized spacial score (nSPS) is 25.0. The summed E-state index contributed by atoms with van der Waals surface area (Å²) in [4.78, 5) is 42.2. The third-order valence-electron chi connectivity index (χ3n) is 6.63. The summed E-state index contributed by atoms with van der Waals surface area (Å²) in [6, 6.07) is 8.77. The van der Waals surface area contributed by atoms with Crippen molar-refractivity contribution in [2.24, 2.45) is 0 Å². The van der Waals surface area contributed by atoms with E-state index in [2.05, 4.69) is 17.3 Å². The number of carbonyl (C=O) groups is 3. The number of nitrogens with zero attached hydrogens (tertiary/aromatic N) is 4. The van der Waals surface area contributed by atoms with Crippen LogP contribution in [0.5, 0.6) is 0 Å². The molecule has 0 saturated carbocycles. The third kappa shape index (κ3) is 3.30. The number of rotatable bonds is 5. The smallest absolute Gasteiger partial charge is 0.255 e. The number of nitrogens with one attached hydrogen (secondary N) is 1. The summed E-state index contributed by atoms with van der Waals surface area (Å²) in [5.41, 5.74) is 2.34. The first kappa shape index (κ1) is 19.8. The van der Waals surface area contributed by atoms with Gasteiger partial charge in [-0.15, -0.1) is 0 Å². The number of hydrogen-bond donors (Lipinski definition) is 1. The number of para-hydroxylation sites is 1. The van der Waals surface area contributed by atoms with Gasteiger partial charge in [0.2, 0.25) is 11.8 Å². The average Bonchev–Trinajstić information content (AvgIpc) is 3.51. The lowest BCUT2D eigenvalue weighted by Gasteiger charge is -2.38. The molecule has 162 valence electrons. The van der Waals surface area contributed by atoms with Gasteiger partial charge in [-0.1, -0.05) is 31.5 Å². The van der Waals surface area contributed by atoms with Gasteiger partial charge in [0.15, 0.2) is 0 Å². The Bertz CT molecular complexity index is 987. The molecule has 3 saturated heterocycles. The first-order valence-electron chi connectivity index (χ1n) is 11.1. The van der Waals surface area contributed by atoms with Gasteiger partial charge in [0.25, 0.3) is 5.91 Å². The molecule has 1 aromatic carbocycles. The minimum Gasteiger partial charge on any atom is -0.347 e. The van der Waals surface area contributed by atoms with Gasteiger partial charge in [-0.25, -0.2) is 4.68 Å². The van der Waals surface area contributed by atoms with Crippen LogP contribution in [-0.4, -0.2) is 68.5 Å². The molecule has 1 aromatic heterocycles. The molecule has 3 aliphatic rings. The van der Waals surface area contributed by atoms with Crippen LogP contribution in [0.4, 0.5) is 0 Å². The van der Waals surface area contributed by atoms with Gasteiger partial charge in [-0.05, 0) is 37.8 Å². The molecule has 3 amide bonds. The topological polar surface area (TPSA) is 87.5 Å². The third-order valence-corrected chi connectivity index (χ3v) is 6.63. The largest absolute Gasteiger partial charge is 0.347 e. The Hall–Kier alpha value is -3.16. The van der Waals surface area contributed by atoms with E-state index in [4.69, 9.17) is 0 Å². The van der Waals surface area contributed by atoms with Gasteiger partial charge in [-0.2, -0.15) is 5.10 Å². The molecule has 31 heavy (non-hydrogen) atoms. The number of piperazine rings is 1. The molecule has 3 atom stereocenters. The number of hydrogen-bond acceptors (Lipinski definition) is 4. The molecule has 4 heterocycles. The van der Waals surface area contributed by atoms with Gasteiger partial charge >= 0.3 is 0 Å². The maximum Gasteiger partial charge on any atom is 0.255 e. The Kier molecular flexibility index (Phi) is 5.00. The van der Waals surface area contributed by atoms with Crippen molar-refractivity contribution in [1.82, 2.24) is 24.9 Å². The van der Waals surface area contributed by atoms with Crippen molar-refractivity contribution in [3.63, 3.8) is 0 Å². The Morgan fingerprint density at radius 2 is 1.90 bits per heavy atom. The zero-order valence-electron chi connectivity index (χ0n) is 17.7. The number of aromatic nitrogens is 2. The van der Waals surface area contributed by atoms with E-state index in [9.17, 15) is 14.4 Å². The first-order valence-corrected chi connectivity index (χ1v) is 11.1. The van der Waals surface area contributed by atoms with Gasteiger partial charge in [0.1, 0.15) is 12.1 Å². The van der Waals surface area contributed by atoms with E-state index in [1.165, 1.54) is 0 Å². The van der Waals surface area contributed by atoms with Gasteiger partial charge in [0.05, 0.1) is 23.1 Å². The van der Waals surface area contributed by atoms with Crippen molar-refractivity contribution in [2.75, 3.05) is 13.1 Å². The van der Waals surface area contributed by atoms with Crippen LogP contribution in [0, 0.1) is 0 Å². The molecule has 0 aliphatic carbocycles. The zero-order chi connectivity index (χ0) is 21.5. The maximum atomic E-state index is 13.1. The van der Waals surface area contributed by atoms with Crippen molar-refractivity contribution < 1.29 is 14.4 Å². The van der Waals surface area contributed by atoms with Crippen molar-refractivity contribution in [1.29, 1.82) is 0 Å². The minimum absolute atomic E-state index is 0.0300. The van der Waals surface area contributed by atoms with E-state index in [1.54, 1.807) is 16.0 Å². The first-order chi connectivity index (χ1) is 15.1. The molecular weight excluding hydrogens is 394 g/mol. The monoisotopic (exact) mass is 421 g/mol. The predicted molar refractivity (Wildman–Crippen MR) is 114 cm³/mol. The lowest BCUT2D eigenvalue weighted by atomic mass is 10.1. The molecule has 0 radical (unpaired) electrons. The summed E-state index contributed by atoms with van der Waals surface area (Å²) in [7, 11) is 0. The SMILES string of the molecule is CCCc1c(C(=O)N[C@H]2C[C@H]3C(=O)N4CCC[C@@H]4C(=O)N3C2)cnn1-c1ccccc1. The fourth-order valence-corrected chi connectivity index (χ4v) is 5.18. The summed E-state index contributed by atoms with van der Waals surface area (Å²) in [6.07, 6.45) is 5.32. The highest BCUT2D eigenvalue weighted by Crippen LogP contribution is 2.32. The number of carbonyl (C=O) groups excluding carboxylic acids is 3. The minimum atomic E-state index is -0.450. The van der Waals surface area contributed by atoms with Crippen molar-refractivity contribution in [3.05, 3.63) is 47.8 Å². The van der Waals surface area contributed by atoms with E-state index in [1.807, 2.05) is 35.0 Å². The lowest BCUT2D eigenvalue weighted by Crippen LogP contribution is -2.60. The number of fused-ring (bicyclic) bond motifs is 2. The van der Waals surface area contributed by atoms with Crippen LogP contribution in [0.15, 0.2) is 36.5 Å². The second-order valence-corrected chi connectivity index (χ2v) is 8.60. The van der Waals surface area contributed by atoms with Gasteiger partial charge in [0, 0.05) is 19.1 Å². The van der Waals surface area contributed by atoms with E-state index < -0.39 is 6.04 Å². The van der Waals surface area contributed by atoms with Crippen LogP contribution < -0.4 is 5.32 Å². The maximum absolute atomic E-state index is 13.1. The van der Waals surface area contributed by atoms with Crippen LogP contribution in [0.2, 0.25) is 0 Å². The molecule has 1 N–H and O–H groups in total. The Balaban J connectivity index is 1.34. The van der Waals surface area contributed by atoms with Gasteiger partial charge < -0.3 is 15.1 Å². The van der Waals surface area contributed by atoms with Crippen molar-refractivity contribution in [3.8, 4) is 5.69 Å². The summed E-state index contributed by atoms with van der Waals surface area (Å²) in [6.45, 7) is 3.12. The number of amides is 3. The van der Waals surface area contributed by atoms with Crippen molar-refractivity contribution >= 4 is 17.7 Å². The van der Waals surface area contributed by atoms with Crippen LogP contribution in [0.1, 0.15) is 48.7 Å². The quantitative estimate of drug-likeness (QED) is 0.793. The molecule has 5 rings (SSSR count). The summed E-state index contributed by atoms with van der Waals surface area (Å²) >= 11 is 0. The highest BCUT2D eigenvalue weighted by molar-refractivity contribution is 5.99. The van der Waals surface area contributed by atoms with Crippen LogP contribution >= 0.6 is 0 Å². The number of benzene rings is 1.